The molecule has 0 atom stereocenters. The van der Waals surface area contributed by atoms with Gasteiger partial charge in [0.15, 0.2) is 0 Å². The van der Waals surface area contributed by atoms with Crippen molar-refractivity contribution in [2.24, 2.45) is 0 Å². The Bertz CT molecular complexity index is 3140. The van der Waals surface area contributed by atoms with Gasteiger partial charge in [0, 0.05) is 33.0 Å². The monoisotopic (exact) mass is 729 g/mol. The Balaban J connectivity index is 1.26. The highest BCUT2D eigenvalue weighted by Gasteiger charge is 2.36. The lowest BCUT2D eigenvalue weighted by Crippen LogP contribution is -2.17. The number of rotatable bonds is 6. The molecule has 9 aromatic carbocycles. The number of para-hydroxylation sites is 2. The number of anilines is 3. The van der Waals surface area contributed by atoms with E-state index >= 15 is 0 Å². The van der Waals surface area contributed by atoms with Crippen molar-refractivity contribution in [3.63, 3.8) is 0 Å². The maximum Gasteiger partial charge on any atom is 0.145 e. The van der Waals surface area contributed by atoms with Gasteiger partial charge in [-0.25, -0.2) is 0 Å². The Morgan fingerprint density at radius 2 is 0.982 bits per heavy atom. The summed E-state index contributed by atoms with van der Waals surface area (Å²) in [6, 6.07) is 72.6. The third kappa shape index (κ3) is 5.18. The van der Waals surface area contributed by atoms with Gasteiger partial charge in [0.25, 0.3) is 0 Å². The molecule has 1 heterocycles. The van der Waals surface area contributed by atoms with Gasteiger partial charge in [-0.3, -0.25) is 0 Å². The van der Waals surface area contributed by atoms with Gasteiger partial charge in [0.2, 0.25) is 0 Å². The third-order valence-electron chi connectivity index (χ3n) is 12.1. The normalized spacial score (nSPS) is 12.9. The van der Waals surface area contributed by atoms with Crippen molar-refractivity contribution in [1.82, 2.24) is 0 Å². The first kappa shape index (κ1) is 33.2. The maximum absolute atomic E-state index is 6.91. The van der Waals surface area contributed by atoms with Crippen molar-refractivity contribution < 1.29 is 4.42 Å². The van der Waals surface area contributed by atoms with E-state index < -0.39 is 0 Å². The third-order valence-corrected chi connectivity index (χ3v) is 12.1. The lowest BCUT2D eigenvalue weighted by Gasteiger charge is -2.32. The summed E-state index contributed by atoms with van der Waals surface area (Å²) in [4.78, 5) is 2.53. The number of benzene rings is 9. The second kappa shape index (κ2) is 13.0. The summed E-state index contributed by atoms with van der Waals surface area (Å²) in [6.45, 7) is 4.72. The molecule has 2 heteroatoms. The van der Waals surface area contributed by atoms with Gasteiger partial charge in [-0.1, -0.05) is 190 Å². The second-order valence-electron chi connectivity index (χ2n) is 15.6. The lowest BCUT2D eigenvalue weighted by molar-refractivity contribution is 0.660. The summed E-state index contributed by atoms with van der Waals surface area (Å²) in [5.74, 6) is 0. The SMILES string of the molecule is CC1(C)c2ccccc2-c2ccc(N(c3ccccc3-c3ccc(-c4ccccc4)cc3)c3c(-c4ccccc4)c4ccccc4c4oc5ccccc5c34)cc21. The van der Waals surface area contributed by atoms with Crippen LogP contribution in [0.5, 0.6) is 0 Å². The minimum Gasteiger partial charge on any atom is -0.455 e. The largest absolute Gasteiger partial charge is 0.455 e. The van der Waals surface area contributed by atoms with Crippen molar-refractivity contribution in [1.29, 1.82) is 0 Å². The number of hydrogen-bond acceptors (Lipinski definition) is 2. The van der Waals surface area contributed by atoms with E-state index in [4.69, 9.17) is 4.42 Å². The van der Waals surface area contributed by atoms with Crippen LogP contribution < -0.4 is 4.90 Å². The number of fused-ring (bicyclic) bond motifs is 8. The van der Waals surface area contributed by atoms with Crippen LogP contribution in [0, 0.1) is 0 Å². The van der Waals surface area contributed by atoms with Gasteiger partial charge < -0.3 is 9.32 Å². The fourth-order valence-corrected chi connectivity index (χ4v) is 9.35. The van der Waals surface area contributed by atoms with Gasteiger partial charge >= 0.3 is 0 Å². The topological polar surface area (TPSA) is 16.4 Å². The van der Waals surface area contributed by atoms with Crippen LogP contribution in [0.4, 0.5) is 17.1 Å². The maximum atomic E-state index is 6.91. The zero-order chi connectivity index (χ0) is 38.1. The summed E-state index contributed by atoms with van der Waals surface area (Å²) in [6.07, 6.45) is 0. The molecule has 1 aliphatic rings. The highest BCUT2D eigenvalue weighted by molar-refractivity contribution is 6.27. The molecule has 0 saturated carbocycles. The predicted octanol–water partition coefficient (Wildman–Crippen LogP) is 15.5. The van der Waals surface area contributed by atoms with E-state index in [-0.39, 0.29) is 5.41 Å². The van der Waals surface area contributed by atoms with Gasteiger partial charge in [0.1, 0.15) is 11.2 Å². The Labute approximate surface area is 332 Å². The fourth-order valence-electron chi connectivity index (χ4n) is 9.35. The van der Waals surface area contributed by atoms with Crippen LogP contribution in [-0.2, 0) is 5.41 Å². The second-order valence-corrected chi connectivity index (χ2v) is 15.6. The lowest BCUT2D eigenvalue weighted by atomic mass is 9.82. The average molecular weight is 730 g/mol. The molecule has 0 N–H and O–H groups in total. The standard InChI is InChI=1S/C55H39NO/c1-55(2)47-26-14-11-22-42(47)43-34-33-40(35-48(43)55)56(49-27-15-12-21-41(49)38-31-29-37(30-32-38)36-17-5-3-6-18-36)53-51(39-19-7-4-8-20-39)44-23-9-10-24-45(44)54-52(53)46-25-13-16-28-50(46)57-54/h3-35H,1-2H3. The van der Waals surface area contributed by atoms with E-state index in [1.807, 2.05) is 0 Å². The Morgan fingerprint density at radius 1 is 0.421 bits per heavy atom. The van der Waals surface area contributed by atoms with Crippen molar-refractivity contribution in [2.45, 2.75) is 19.3 Å². The molecule has 1 aromatic heterocycles. The summed E-state index contributed by atoms with van der Waals surface area (Å²) in [7, 11) is 0. The summed E-state index contributed by atoms with van der Waals surface area (Å²) in [5, 5.41) is 4.44. The summed E-state index contributed by atoms with van der Waals surface area (Å²) < 4.78 is 6.91. The zero-order valence-electron chi connectivity index (χ0n) is 31.9. The van der Waals surface area contributed by atoms with E-state index in [0.29, 0.717) is 0 Å². The zero-order valence-corrected chi connectivity index (χ0v) is 31.9. The van der Waals surface area contributed by atoms with Crippen LogP contribution in [0.3, 0.4) is 0 Å². The van der Waals surface area contributed by atoms with Crippen molar-refractivity contribution in [3.8, 4) is 44.5 Å². The molecule has 0 aliphatic heterocycles. The molecule has 270 valence electrons. The first-order chi connectivity index (χ1) is 28.1. The molecule has 11 rings (SSSR count). The minimum absolute atomic E-state index is 0.177. The van der Waals surface area contributed by atoms with Gasteiger partial charge in [-0.15, -0.1) is 0 Å². The molecule has 0 bridgehead atoms. The highest BCUT2D eigenvalue weighted by atomic mass is 16.3. The Hall–Kier alpha value is -7.16. The van der Waals surface area contributed by atoms with Crippen LogP contribution in [0.15, 0.2) is 205 Å². The van der Waals surface area contributed by atoms with E-state index in [9.17, 15) is 0 Å². The Kier molecular flexibility index (Phi) is 7.55. The molecule has 2 nitrogen and oxygen atoms in total. The van der Waals surface area contributed by atoms with Gasteiger partial charge in [0.05, 0.1) is 16.8 Å². The summed E-state index contributed by atoms with van der Waals surface area (Å²) >= 11 is 0. The first-order valence-corrected chi connectivity index (χ1v) is 19.8. The fraction of sp³-hybridized carbons (Fsp3) is 0.0545. The molecular weight excluding hydrogens is 691 g/mol. The molecule has 1 aliphatic carbocycles. The van der Waals surface area contributed by atoms with E-state index in [2.05, 4.69) is 219 Å². The van der Waals surface area contributed by atoms with Gasteiger partial charge in [-0.05, 0) is 74.2 Å². The number of furan rings is 1. The molecular formula is C55H39NO. The quantitative estimate of drug-likeness (QED) is 0.169. The minimum atomic E-state index is -0.177. The molecule has 0 unspecified atom stereocenters. The number of hydrogen-bond donors (Lipinski definition) is 0. The first-order valence-electron chi connectivity index (χ1n) is 19.8. The van der Waals surface area contributed by atoms with Crippen LogP contribution in [0.1, 0.15) is 25.0 Å². The van der Waals surface area contributed by atoms with Crippen molar-refractivity contribution in [2.75, 3.05) is 4.90 Å². The van der Waals surface area contributed by atoms with Crippen LogP contribution >= 0.6 is 0 Å². The molecule has 0 amide bonds. The van der Waals surface area contributed by atoms with E-state index in [1.54, 1.807) is 0 Å². The van der Waals surface area contributed by atoms with E-state index in [1.165, 1.54) is 38.9 Å². The predicted molar refractivity (Wildman–Crippen MR) is 240 cm³/mol. The molecule has 0 radical (unpaired) electrons. The average Bonchev–Trinajstić information content (AvgIpc) is 3.77. The molecule has 0 spiro atoms. The summed E-state index contributed by atoms with van der Waals surface area (Å²) in [5.41, 5.74) is 17.2. The van der Waals surface area contributed by atoms with Gasteiger partial charge in [-0.2, -0.15) is 0 Å². The number of nitrogens with zero attached hydrogens (tertiary/aromatic N) is 1. The van der Waals surface area contributed by atoms with Crippen LogP contribution in [0.25, 0.3) is 77.2 Å². The molecule has 0 saturated heterocycles. The van der Waals surface area contributed by atoms with Crippen LogP contribution in [0.2, 0.25) is 0 Å². The van der Waals surface area contributed by atoms with Crippen molar-refractivity contribution in [3.05, 3.63) is 211 Å². The smallest absolute Gasteiger partial charge is 0.145 e. The molecule has 57 heavy (non-hydrogen) atoms. The highest BCUT2D eigenvalue weighted by Crippen LogP contribution is 2.55. The van der Waals surface area contributed by atoms with Crippen LogP contribution in [-0.4, -0.2) is 0 Å². The van der Waals surface area contributed by atoms with E-state index in [0.717, 1.165) is 66.5 Å². The molecule has 0 fully saturated rings. The van der Waals surface area contributed by atoms with Crippen molar-refractivity contribution >= 4 is 49.8 Å². The molecule has 10 aromatic rings. The Morgan fingerprint density at radius 3 is 1.75 bits per heavy atom.